The number of allylic oxidation sites excluding steroid dienone is 1. The third-order valence-electron chi connectivity index (χ3n) is 2.69. The first kappa shape index (κ1) is 9.79. The molecule has 76 valence electrons. The molecule has 1 aliphatic heterocycles. The number of benzene rings is 1. The lowest BCUT2D eigenvalue weighted by molar-refractivity contribution is 0.949. The fourth-order valence-electron chi connectivity index (χ4n) is 1.93. The van der Waals surface area contributed by atoms with Crippen LogP contribution in [0.1, 0.15) is 18.4 Å². The zero-order valence-electron chi connectivity index (χ0n) is 8.69. The van der Waals surface area contributed by atoms with Crippen LogP contribution >= 0.6 is 0 Å². The fourth-order valence-corrected chi connectivity index (χ4v) is 1.93. The van der Waals surface area contributed by atoms with Gasteiger partial charge >= 0.3 is 0 Å². The molecule has 0 N–H and O–H groups in total. The van der Waals surface area contributed by atoms with Gasteiger partial charge in [0.1, 0.15) is 0 Å². The van der Waals surface area contributed by atoms with Crippen LogP contribution in [0.15, 0.2) is 30.3 Å². The average Bonchev–Trinajstić information content (AvgIpc) is 2.80. The van der Waals surface area contributed by atoms with E-state index in [4.69, 9.17) is 5.26 Å². The van der Waals surface area contributed by atoms with Gasteiger partial charge in [-0.15, -0.1) is 0 Å². The van der Waals surface area contributed by atoms with Crippen LogP contribution in [-0.4, -0.2) is 13.1 Å². The van der Waals surface area contributed by atoms with Crippen molar-refractivity contribution in [3.63, 3.8) is 0 Å². The summed E-state index contributed by atoms with van der Waals surface area (Å²) in [4.78, 5) is 2.39. The van der Waals surface area contributed by atoms with Gasteiger partial charge in [-0.1, -0.05) is 12.1 Å². The lowest BCUT2D eigenvalue weighted by atomic mass is 10.2. The normalized spacial score (nSPS) is 15.8. The molecule has 0 amide bonds. The van der Waals surface area contributed by atoms with Crippen molar-refractivity contribution in [1.82, 2.24) is 0 Å². The number of hydrogen-bond acceptors (Lipinski definition) is 2. The molecule has 0 bridgehead atoms. The molecule has 1 aliphatic rings. The van der Waals surface area contributed by atoms with Crippen LogP contribution in [0.4, 0.5) is 5.69 Å². The second kappa shape index (κ2) is 4.65. The van der Waals surface area contributed by atoms with Gasteiger partial charge in [0.25, 0.3) is 0 Å². The molecule has 1 fully saturated rings. The molecular formula is C13H14N2. The largest absolute Gasteiger partial charge is 0.372 e. The Morgan fingerprint density at radius 2 is 2.07 bits per heavy atom. The minimum absolute atomic E-state index is 1.10. The smallest absolute Gasteiger partial charge is 0.0912 e. The number of rotatable bonds is 2. The highest BCUT2D eigenvalue weighted by Gasteiger charge is 2.11. The lowest BCUT2D eigenvalue weighted by Gasteiger charge is -2.17. The number of hydrogen-bond donors (Lipinski definition) is 0. The monoisotopic (exact) mass is 198 g/mol. The van der Waals surface area contributed by atoms with Gasteiger partial charge < -0.3 is 4.90 Å². The molecule has 0 aromatic heterocycles. The SMILES string of the molecule is N#CC=Cc1cccc(N2CCCC2)c1. The first-order chi connectivity index (χ1) is 7.40. The summed E-state index contributed by atoms with van der Waals surface area (Å²) in [6.07, 6.45) is 5.94. The van der Waals surface area contributed by atoms with Gasteiger partial charge in [0.2, 0.25) is 0 Å². The molecule has 1 aromatic rings. The van der Waals surface area contributed by atoms with E-state index >= 15 is 0 Å². The Labute approximate surface area is 90.4 Å². The zero-order valence-corrected chi connectivity index (χ0v) is 8.69. The predicted octanol–water partition coefficient (Wildman–Crippen LogP) is 2.82. The Bertz CT molecular complexity index is 395. The minimum Gasteiger partial charge on any atom is -0.372 e. The first-order valence-corrected chi connectivity index (χ1v) is 5.31. The Kier molecular flexibility index (Phi) is 3.04. The van der Waals surface area contributed by atoms with Crippen LogP contribution in [0.5, 0.6) is 0 Å². The Hall–Kier alpha value is -1.75. The van der Waals surface area contributed by atoms with E-state index in [1.807, 2.05) is 24.3 Å². The van der Waals surface area contributed by atoms with Gasteiger partial charge in [0.15, 0.2) is 0 Å². The van der Waals surface area contributed by atoms with Crippen molar-refractivity contribution >= 4 is 11.8 Å². The molecule has 15 heavy (non-hydrogen) atoms. The van der Waals surface area contributed by atoms with Crippen LogP contribution in [0.25, 0.3) is 6.08 Å². The summed E-state index contributed by atoms with van der Waals surface area (Å²) < 4.78 is 0. The van der Waals surface area contributed by atoms with E-state index in [0.29, 0.717) is 0 Å². The molecule has 0 unspecified atom stereocenters. The van der Waals surface area contributed by atoms with Crippen LogP contribution in [0, 0.1) is 11.3 Å². The summed E-state index contributed by atoms with van der Waals surface area (Å²) in [5.41, 5.74) is 2.37. The molecule has 1 aromatic carbocycles. The highest BCUT2D eigenvalue weighted by molar-refractivity contribution is 5.59. The van der Waals surface area contributed by atoms with Crippen molar-refractivity contribution in [3.8, 4) is 6.07 Å². The maximum Gasteiger partial charge on any atom is 0.0912 e. The fraction of sp³-hybridized carbons (Fsp3) is 0.308. The van der Waals surface area contributed by atoms with Crippen LogP contribution < -0.4 is 4.90 Å². The summed E-state index contributed by atoms with van der Waals surface area (Å²) in [5, 5.41) is 8.46. The van der Waals surface area contributed by atoms with Crippen molar-refractivity contribution < 1.29 is 0 Å². The summed E-state index contributed by atoms with van der Waals surface area (Å²) in [5.74, 6) is 0. The molecule has 0 radical (unpaired) electrons. The standard InChI is InChI=1S/C13H14N2/c14-8-4-6-12-5-3-7-13(11-12)15-9-1-2-10-15/h3-7,11H,1-2,9-10H2. The summed E-state index contributed by atoms with van der Waals surface area (Å²) >= 11 is 0. The molecule has 0 saturated carbocycles. The van der Waals surface area contributed by atoms with E-state index in [-0.39, 0.29) is 0 Å². The van der Waals surface area contributed by atoms with Gasteiger partial charge in [-0.3, -0.25) is 0 Å². The molecule has 1 heterocycles. The van der Waals surface area contributed by atoms with Crippen molar-refractivity contribution in [2.75, 3.05) is 18.0 Å². The molecule has 1 saturated heterocycles. The van der Waals surface area contributed by atoms with E-state index in [9.17, 15) is 0 Å². The second-order valence-electron chi connectivity index (χ2n) is 3.75. The van der Waals surface area contributed by atoms with Crippen LogP contribution in [0.2, 0.25) is 0 Å². The van der Waals surface area contributed by atoms with Gasteiger partial charge in [-0.2, -0.15) is 5.26 Å². The molecule has 2 rings (SSSR count). The molecule has 2 nitrogen and oxygen atoms in total. The van der Waals surface area contributed by atoms with Gasteiger partial charge in [-0.25, -0.2) is 0 Å². The van der Waals surface area contributed by atoms with Crippen molar-refractivity contribution in [2.45, 2.75) is 12.8 Å². The first-order valence-electron chi connectivity index (χ1n) is 5.31. The average molecular weight is 198 g/mol. The summed E-state index contributed by atoms with van der Waals surface area (Å²) in [6.45, 7) is 2.32. The summed E-state index contributed by atoms with van der Waals surface area (Å²) in [7, 11) is 0. The van der Waals surface area contributed by atoms with E-state index in [1.54, 1.807) is 0 Å². The molecule has 0 atom stereocenters. The topological polar surface area (TPSA) is 27.0 Å². The molecule has 0 aliphatic carbocycles. The second-order valence-corrected chi connectivity index (χ2v) is 3.75. The van der Waals surface area contributed by atoms with E-state index in [1.165, 1.54) is 24.6 Å². The number of nitriles is 1. The van der Waals surface area contributed by atoms with Crippen molar-refractivity contribution in [3.05, 3.63) is 35.9 Å². The van der Waals surface area contributed by atoms with Crippen molar-refractivity contribution in [1.29, 1.82) is 5.26 Å². The molecular weight excluding hydrogens is 184 g/mol. The number of nitrogens with zero attached hydrogens (tertiary/aromatic N) is 2. The Morgan fingerprint density at radius 3 is 2.80 bits per heavy atom. The van der Waals surface area contributed by atoms with E-state index < -0.39 is 0 Å². The van der Waals surface area contributed by atoms with Crippen LogP contribution in [-0.2, 0) is 0 Å². The van der Waals surface area contributed by atoms with Crippen molar-refractivity contribution in [2.24, 2.45) is 0 Å². The lowest BCUT2D eigenvalue weighted by Crippen LogP contribution is -2.17. The van der Waals surface area contributed by atoms with Crippen LogP contribution in [0.3, 0.4) is 0 Å². The predicted molar refractivity (Wildman–Crippen MR) is 62.5 cm³/mol. The van der Waals surface area contributed by atoms with E-state index in [0.717, 1.165) is 18.7 Å². The van der Waals surface area contributed by atoms with Gasteiger partial charge in [0.05, 0.1) is 6.07 Å². The summed E-state index contributed by atoms with van der Waals surface area (Å²) in [6, 6.07) is 10.4. The molecule has 2 heteroatoms. The highest BCUT2D eigenvalue weighted by atomic mass is 15.1. The Balaban J connectivity index is 2.18. The minimum atomic E-state index is 1.10. The highest BCUT2D eigenvalue weighted by Crippen LogP contribution is 2.21. The third kappa shape index (κ3) is 2.38. The maximum absolute atomic E-state index is 8.46. The van der Waals surface area contributed by atoms with Gasteiger partial charge in [-0.05, 0) is 36.6 Å². The number of anilines is 1. The Morgan fingerprint density at radius 1 is 1.27 bits per heavy atom. The van der Waals surface area contributed by atoms with E-state index in [2.05, 4.69) is 17.0 Å². The quantitative estimate of drug-likeness (QED) is 0.683. The third-order valence-corrected chi connectivity index (χ3v) is 2.69. The maximum atomic E-state index is 8.46. The van der Waals surface area contributed by atoms with Gasteiger partial charge in [0, 0.05) is 24.9 Å². The molecule has 0 spiro atoms. The zero-order chi connectivity index (χ0) is 10.5.